The first-order valence-electron chi connectivity index (χ1n) is 19.4. The van der Waals surface area contributed by atoms with Gasteiger partial charge in [0.15, 0.2) is 0 Å². The first-order chi connectivity index (χ1) is 26.2. The van der Waals surface area contributed by atoms with E-state index < -0.39 is 12.1 Å². The molecule has 6 rings (SSSR count). The van der Waals surface area contributed by atoms with Crippen molar-refractivity contribution in [3.63, 3.8) is 0 Å². The van der Waals surface area contributed by atoms with Crippen LogP contribution in [0.15, 0.2) is 73.2 Å². The van der Waals surface area contributed by atoms with E-state index in [9.17, 15) is 14.4 Å². The number of H-pyrrole nitrogens is 2. The molecular formula is C43H56N8O4. The Bertz CT molecular complexity index is 1980. The summed E-state index contributed by atoms with van der Waals surface area (Å²) in [5, 5.41) is 6.00. The van der Waals surface area contributed by atoms with Crippen LogP contribution in [0.3, 0.4) is 0 Å². The molecular weight excluding hydrogens is 693 g/mol. The van der Waals surface area contributed by atoms with E-state index in [2.05, 4.69) is 103 Å². The molecule has 0 unspecified atom stereocenters. The minimum atomic E-state index is -0.690. The van der Waals surface area contributed by atoms with E-state index >= 15 is 0 Å². The number of likely N-dealkylation sites (tertiary alicyclic amines) is 2. The number of allylic oxidation sites excluding steroid dienone is 1. The Morgan fingerprint density at radius 1 is 0.709 bits per heavy atom. The lowest BCUT2D eigenvalue weighted by molar-refractivity contribution is -0.136. The predicted molar refractivity (Wildman–Crippen MR) is 214 cm³/mol. The molecule has 2 aliphatic rings. The number of hydrogen-bond donors (Lipinski definition) is 4. The van der Waals surface area contributed by atoms with Gasteiger partial charge in [-0.3, -0.25) is 9.59 Å². The van der Waals surface area contributed by atoms with Gasteiger partial charge < -0.3 is 35.1 Å². The summed E-state index contributed by atoms with van der Waals surface area (Å²) in [7, 11) is 1.30. The third kappa shape index (κ3) is 8.63. The van der Waals surface area contributed by atoms with Gasteiger partial charge in [0, 0.05) is 18.8 Å². The van der Waals surface area contributed by atoms with Crippen LogP contribution in [0, 0.1) is 23.7 Å². The summed E-state index contributed by atoms with van der Waals surface area (Å²) in [6.07, 6.45) is 4.70. The molecule has 292 valence electrons. The second-order valence-corrected chi connectivity index (χ2v) is 16.2. The van der Waals surface area contributed by atoms with Crippen LogP contribution < -0.4 is 10.6 Å². The number of nitrogens with one attached hydrogen (secondary N) is 4. The van der Waals surface area contributed by atoms with E-state index in [0.717, 1.165) is 63.8 Å². The first kappa shape index (κ1) is 39.3. The second kappa shape index (κ2) is 16.5. The minimum absolute atomic E-state index is 0.0851. The summed E-state index contributed by atoms with van der Waals surface area (Å²) >= 11 is 0. The van der Waals surface area contributed by atoms with Crippen LogP contribution in [0.2, 0.25) is 0 Å². The van der Waals surface area contributed by atoms with Crippen LogP contribution in [0.1, 0.15) is 85.0 Å². The van der Waals surface area contributed by atoms with Gasteiger partial charge in [-0.15, -0.1) is 0 Å². The second-order valence-electron chi connectivity index (χ2n) is 16.2. The highest BCUT2D eigenvalue weighted by molar-refractivity contribution is 5.86. The largest absolute Gasteiger partial charge is 0.453 e. The minimum Gasteiger partial charge on any atom is -0.453 e. The fourth-order valence-corrected chi connectivity index (χ4v) is 7.92. The molecule has 2 aromatic heterocycles. The van der Waals surface area contributed by atoms with Gasteiger partial charge in [-0.05, 0) is 65.7 Å². The number of amides is 3. The van der Waals surface area contributed by atoms with E-state index in [1.807, 2.05) is 43.0 Å². The number of benzene rings is 2. The summed E-state index contributed by atoms with van der Waals surface area (Å²) in [6.45, 7) is 19.4. The van der Waals surface area contributed by atoms with E-state index in [4.69, 9.17) is 14.7 Å². The smallest absolute Gasteiger partial charge is 0.407 e. The number of carbonyl (C=O) groups is 3. The lowest BCUT2D eigenvalue weighted by Crippen LogP contribution is -2.51. The van der Waals surface area contributed by atoms with Crippen molar-refractivity contribution < 1.29 is 19.1 Å². The summed E-state index contributed by atoms with van der Waals surface area (Å²) in [5.74, 6) is 2.18. The third-order valence-corrected chi connectivity index (χ3v) is 10.9. The molecule has 12 nitrogen and oxygen atoms in total. The number of methoxy groups -OCH3 is 1. The lowest BCUT2D eigenvalue weighted by Gasteiger charge is -2.31. The molecule has 12 heteroatoms. The molecule has 3 amide bonds. The maximum Gasteiger partial charge on any atom is 0.407 e. The Hall–Kier alpha value is -5.39. The van der Waals surface area contributed by atoms with Crippen molar-refractivity contribution in [3.8, 4) is 33.6 Å². The highest BCUT2D eigenvalue weighted by Crippen LogP contribution is 2.38. The molecule has 0 bridgehead atoms. The number of carbonyl (C=O) groups excluding carboxylic acids is 3. The fraction of sp³-hybridized carbons (Fsp3) is 0.465. The van der Waals surface area contributed by atoms with Crippen molar-refractivity contribution in [2.45, 2.75) is 85.5 Å². The Balaban J connectivity index is 1.13. The standard InChI is InChI=1S/C43H56N8O4/c1-24(2)37(46-26(5)6)41(52)50-22-27(7)18-35(50)39-44-20-33(47-39)31-14-10-29(11-15-31)30-12-16-32(17-13-30)34-21-45-40(48-34)36-19-28(8)23-51(36)42(53)38(25(3)4)49-43(54)55-9/h10-17,20-21,24-25,27-28,35-38,46H,5,18-19,22-23H2,1-4,6-9H3,(H,44,47)(H,45,48)(H,49,54)/t27-,28-,35-,36-,37-,38-/m0/s1. The Morgan fingerprint density at radius 3 is 1.45 bits per heavy atom. The average Bonchev–Trinajstić information content (AvgIpc) is 3.98. The van der Waals surface area contributed by atoms with Gasteiger partial charge in [-0.25, -0.2) is 14.8 Å². The number of aromatic amines is 2. The topological polar surface area (TPSA) is 148 Å². The van der Waals surface area contributed by atoms with Crippen molar-refractivity contribution in [1.82, 2.24) is 40.4 Å². The number of imidazole rings is 2. The first-order valence-corrected chi connectivity index (χ1v) is 19.4. The Kier molecular flexibility index (Phi) is 11.8. The number of alkyl carbamates (subject to hydrolysis) is 1. The molecule has 55 heavy (non-hydrogen) atoms. The molecule has 2 saturated heterocycles. The summed E-state index contributed by atoms with van der Waals surface area (Å²) in [6, 6.07) is 15.4. The molecule has 0 aliphatic carbocycles. The Morgan fingerprint density at radius 2 is 1.09 bits per heavy atom. The van der Waals surface area contributed by atoms with Crippen molar-refractivity contribution in [3.05, 3.63) is 84.8 Å². The number of ether oxygens (including phenoxy) is 1. The van der Waals surface area contributed by atoms with Crippen LogP contribution in [-0.2, 0) is 14.3 Å². The van der Waals surface area contributed by atoms with E-state index in [-0.39, 0.29) is 41.8 Å². The normalized spacial score (nSPS) is 20.8. The summed E-state index contributed by atoms with van der Waals surface area (Å²) < 4.78 is 4.78. The van der Waals surface area contributed by atoms with Gasteiger partial charge in [-0.2, -0.15) is 0 Å². The lowest BCUT2D eigenvalue weighted by atomic mass is 10.0. The predicted octanol–water partition coefficient (Wildman–Crippen LogP) is 7.48. The molecule has 4 heterocycles. The van der Waals surface area contributed by atoms with Crippen molar-refractivity contribution >= 4 is 17.9 Å². The van der Waals surface area contributed by atoms with Gasteiger partial charge in [-0.1, -0.05) is 96.7 Å². The molecule has 2 aliphatic heterocycles. The van der Waals surface area contributed by atoms with Crippen LogP contribution in [0.25, 0.3) is 33.6 Å². The maximum absolute atomic E-state index is 13.7. The summed E-state index contributed by atoms with van der Waals surface area (Å²) in [4.78, 5) is 59.7. The highest BCUT2D eigenvalue weighted by atomic mass is 16.5. The zero-order chi connectivity index (χ0) is 39.6. The van der Waals surface area contributed by atoms with Crippen LogP contribution in [0.5, 0.6) is 0 Å². The maximum atomic E-state index is 13.7. The molecule has 2 aromatic carbocycles. The van der Waals surface area contributed by atoms with Gasteiger partial charge in [0.1, 0.15) is 23.7 Å². The number of hydrogen-bond acceptors (Lipinski definition) is 7. The van der Waals surface area contributed by atoms with Gasteiger partial charge in [0.05, 0.1) is 43.0 Å². The number of aromatic nitrogens is 4. The zero-order valence-corrected chi connectivity index (χ0v) is 33.3. The molecule has 6 atom stereocenters. The number of nitrogens with zero attached hydrogens (tertiary/aromatic N) is 4. The van der Waals surface area contributed by atoms with Crippen molar-refractivity contribution in [2.75, 3.05) is 20.2 Å². The average molecular weight is 749 g/mol. The quantitative estimate of drug-likeness (QED) is 0.117. The van der Waals surface area contributed by atoms with Crippen LogP contribution >= 0.6 is 0 Å². The van der Waals surface area contributed by atoms with Gasteiger partial charge in [0.25, 0.3) is 0 Å². The summed E-state index contributed by atoms with van der Waals surface area (Å²) in [5.41, 5.74) is 6.74. The van der Waals surface area contributed by atoms with Crippen LogP contribution in [-0.4, -0.2) is 79.9 Å². The third-order valence-electron chi connectivity index (χ3n) is 10.9. The SMILES string of the molecule is C=C(C)N[C@H](C(=O)N1C[C@@H](C)C[C@H]1c1ncc(-c2ccc(-c3ccc(-c4cnc([C@@H]5C[C@H](C)CN5C(=O)[C@@H](NC(=O)OC)C(C)C)[nH]4)cc3)cc2)[nH]1)C(C)C. The molecule has 0 saturated carbocycles. The van der Waals surface area contributed by atoms with E-state index in [1.54, 1.807) is 0 Å². The molecule has 4 N–H and O–H groups in total. The zero-order valence-electron chi connectivity index (χ0n) is 33.3. The fourth-order valence-electron chi connectivity index (χ4n) is 7.92. The Labute approximate surface area is 324 Å². The monoisotopic (exact) mass is 748 g/mol. The molecule has 2 fully saturated rings. The molecule has 4 aromatic rings. The van der Waals surface area contributed by atoms with Gasteiger partial charge >= 0.3 is 6.09 Å². The van der Waals surface area contributed by atoms with Crippen LogP contribution in [0.4, 0.5) is 4.79 Å². The van der Waals surface area contributed by atoms with E-state index in [0.29, 0.717) is 24.9 Å². The highest BCUT2D eigenvalue weighted by Gasteiger charge is 2.41. The van der Waals surface area contributed by atoms with Gasteiger partial charge in [0.2, 0.25) is 11.8 Å². The van der Waals surface area contributed by atoms with E-state index in [1.165, 1.54) is 7.11 Å². The molecule has 0 radical (unpaired) electrons. The van der Waals surface area contributed by atoms with Crippen molar-refractivity contribution in [2.24, 2.45) is 23.7 Å². The van der Waals surface area contributed by atoms with Crippen molar-refractivity contribution in [1.29, 1.82) is 0 Å². The number of rotatable bonds is 12. The molecule has 0 spiro atoms.